The SMILES string of the molecule is CC(C)COc1cccc(NCC2CCCOC2)c1. The van der Waals surface area contributed by atoms with E-state index in [0.717, 1.165) is 37.8 Å². The van der Waals surface area contributed by atoms with Crippen LogP contribution in [0.5, 0.6) is 5.75 Å². The molecule has 0 saturated carbocycles. The second-order valence-electron chi connectivity index (χ2n) is 5.70. The van der Waals surface area contributed by atoms with E-state index in [1.165, 1.54) is 12.8 Å². The molecule has 1 aromatic rings. The number of anilines is 1. The average molecular weight is 263 g/mol. The van der Waals surface area contributed by atoms with Crippen LogP contribution >= 0.6 is 0 Å². The zero-order chi connectivity index (χ0) is 13.5. The van der Waals surface area contributed by atoms with Crippen LogP contribution in [0.1, 0.15) is 26.7 Å². The first-order chi connectivity index (χ1) is 9.24. The van der Waals surface area contributed by atoms with Crippen molar-refractivity contribution >= 4 is 5.69 Å². The Bertz CT molecular complexity index is 373. The highest BCUT2D eigenvalue weighted by Gasteiger charge is 2.13. The van der Waals surface area contributed by atoms with Gasteiger partial charge in [0, 0.05) is 24.9 Å². The van der Waals surface area contributed by atoms with Gasteiger partial charge >= 0.3 is 0 Å². The first kappa shape index (κ1) is 14.2. The molecular weight excluding hydrogens is 238 g/mol. The number of rotatable bonds is 6. The lowest BCUT2D eigenvalue weighted by Gasteiger charge is -2.22. The van der Waals surface area contributed by atoms with Gasteiger partial charge in [0.05, 0.1) is 13.2 Å². The lowest BCUT2D eigenvalue weighted by atomic mass is 10.0. The second kappa shape index (κ2) is 7.39. The van der Waals surface area contributed by atoms with Crippen molar-refractivity contribution in [2.24, 2.45) is 11.8 Å². The Morgan fingerprint density at radius 1 is 1.42 bits per heavy atom. The average Bonchev–Trinajstić information content (AvgIpc) is 2.44. The Labute approximate surface area is 116 Å². The highest BCUT2D eigenvalue weighted by molar-refractivity contribution is 5.48. The Hall–Kier alpha value is -1.22. The summed E-state index contributed by atoms with van der Waals surface area (Å²) in [5.74, 6) is 2.13. The topological polar surface area (TPSA) is 30.5 Å². The molecule has 0 bridgehead atoms. The molecule has 1 aliphatic heterocycles. The number of benzene rings is 1. The maximum Gasteiger partial charge on any atom is 0.121 e. The van der Waals surface area contributed by atoms with Crippen LogP contribution in [-0.2, 0) is 4.74 Å². The smallest absolute Gasteiger partial charge is 0.121 e. The zero-order valence-electron chi connectivity index (χ0n) is 12.0. The molecule has 1 saturated heterocycles. The zero-order valence-corrected chi connectivity index (χ0v) is 12.0. The van der Waals surface area contributed by atoms with Gasteiger partial charge in [0.2, 0.25) is 0 Å². The molecule has 1 N–H and O–H groups in total. The molecule has 0 spiro atoms. The molecule has 2 rings (SSSR count). The van der Waals surface area contributed by atoms with E-state index in [0.29, 0.717) is 11.8 Å². The fourth-order valence-electron chi connectivity index (χ4n) is 2.19. The van der Waals surface area contributed by atoms with Crippen LogP contribution in [0.4, 0.5) is 5.69 Å². The van der Waals surface area contributed by atoms with Crippen molar-refractivity contribution in [2.75, 3.05) is 31.7 Å². The van der Waals surface area contributed by atoms with Gasteiger partial charge < -0.3 is 14.8 Å². The molecule has 0 radical (unpaired) electrons. The summed E-state index contributed by atoms with van der Waals surface area (Å²) in [4.78, 5) is 0. The summed E-state index contributed by atoms with van der Waals surface area (Å²) in [5.41, 5.74) is 1.13. The molecule has 1 unspecified atom stereocenters. The maximum absolute atomic E-state index is 5.74. The van der Waals surface area contributed by atoms with Gasteiger partial charge in [-0.15, -0.1) is 0 Å². The number of hydrogen-bond donors (Lipinski definition) is 1. The van der Waals surface area contributed by atoms with E-state index in [-0.39, 0.29) is 0 Å². The van der Waals surface area contributed by atoms with Crippen LogP contribution in [0.3, 0.4) is 0 Å². The van der Waals surface area contributed by atoms with Crippen molar-refractivity contribution < 1.29 is 9.47 Å². The van der Waals surface area contributed by atoms with Gasteiger partial charge in [-0.3, -0.25) is 0 Å². The van der Waals surface area contributed by atoms with E-state index < -0.39 is 0 Å². The largest absolute Gasteiger partial charge is 0.493 e. The summed E-state index contributed by atoms with van der Waals surface area (Å²) in [7, 11) is 0. The molecule has 3 heteroatoms. The molecular formula is C16H25NO2. The van der Waals surface area contributed by atoms with E-state index in [1.807, 2.05) is 12.1 Å². The normalized spacial score (nSPS) is 19.4. The molecule has 1 aliphatic rings. The molecule has 0 amide bonds. The number of hydrogen-bond acceptors (Lipinski definition) is 3. The molecule has 1 heterocycles. The summed E-state index contributed by atoms with van der Waals surface area (Å²) < 4.78 is 11.2. The van der Waals surface area contributed by atoms with Crippen LogP contribution in [0, 0.1) is 11.8 Å². The minimum absolute atomic E-state index is 0.552. The summed E-state index contributed by atoms with van der Waals surface area (Å²) in [6.07, 6.45) is 2.44. The number of ether oxygens (including phenoxy) is 2. The van der Waals surface area contributed by atoms with Crippen LogP contribution in [0.15, 0.2) is 24.3 Å². The van der Waals surface area contributed by atoms with Gasteiger partial charge in [0.25, 0.3) is 0 Å². The van der Waals surface area contributed by atoms with Crippen LogP contribution in [0.25, 0.3) is 0 Å². The quantitative estimate of drug-likeness (QED) is 0.851. The van der Waals surface area contributed by atoms with Gasteiger partial charge in [-0.25, -0.2) is 0 Å². The summed E-state index contributed by atoms with van der Waals surface area (Å²) >= 11 is 0. The van der Waals surface area contributed by atoms with Crippen molar-refractivity contribution in [3.63, 3.8) is 0 Å². The minimum Gasteiger partial charge on any atom is -0.493 e. The summed E-state index contributed by atoms with van der Waals surface area (Å²) in [6.45, 7) is 7.87. The first-order valence-corrected chi connectivity index (χ1v) is 7.28. The van der Waals surface area contributed by atoms with Crippen LogP contribution < -0.4 is 10.1 Å². The summed E-state index contributed by atoms with van der Waals surface area (Å²) in [6, 6.07) is 8.21. The van der Waals surface area contributed by atoms with Crippen LogP contribution in [-0.4, -0.2) is 26.4 Å². The van der Waals surface area contributed by atoms with Crippen molar-refractivity contribution in [3.05, 3.63) is 24.3 Å². The van der Waals surface area contributed by atoms with Crippen molar-refractivity contribution in [2.45, 2.75) is 26.7 Å². The predicted octanol–water partition coefficient (Wildman–Crippen LogP) is 3.56. The minimum atomic E-state index is 0.552. The van der Waals surface area contributed by atoms with E-state index in [4.69, 9.17) is 9.47 Å². The lowest BCUT2D eigenvalue weighted by Crippen LogP contribution is -2.24. The van der Waals surface area contributed by atoms with Gasteiger partial charge in [0.15, 0.2) is 0 Å². The van der Waals surface area contributed by atoms with E-state index >= 15 is 0 Å². The van der Waals surface area contributed by atoms with Gasteiger partial charge in [0.1, 0.15) is 5.75 Å². The van der Waals surface area contributed by atoms with E-state index in [9.17, 15) is 0 Å². The monoisotopic (exact) mass is 263 g/mol. The maximum atomic E-state index is 5.74. The predicted molar refractivity (Wildman–Crippen MR) is 78.8 cm³/mol. The van der Waals surface area contributed by atoms with E-state index in [1.54, 1.807) is 0 Å². The number of nitrogens with one attached hydrogen (secondary N) is 1. The molecule has 1 aromatic carbocycles. The molecule has 1 fully saturated rings. The molecule has 19 heavy (non-hydrogen) atoms. The third-order valence-corrected chi connectivity index (χ3v) is 3.27. The molecule has 106 valence electrons. The summed E-state index contributed by atoms with van der Waals surface area (Å²) in [5, 5.41) is 3.48. The Balaban J connectivity index is 1.80. The molecule has 1 atom stereocenters. The third kappa shape index (κ3) is 5.11. The van der Waals surface area contributed by atoms with Gasteiger partial charge in [-0.2, -0.15) is 0 Å². The second-order valence-corrected chi connectivity index (χ2v) is 5.70. The van der Waals surface area contributed by atoms with Gasteiger partial charge in [-0.1, -0.05) is 19.9 Å². The molecule has 0 aliphatic carbocycles. The first-order valence-electron chi connectivity index (χ1n) is 7.28. The highest BCUT2D eigenvalue weighted by Crippen LogP contribution is 2.20. The van der Waals surface area contributed by atoms with Crippen molar-refractivity contribution in [1.82, 2.24) is 0 Å². The Morgan fingerprint density at radius 3 is 3.05 bits per heavy atom. The van der Waals surface area contributed by atoms with Crippen molar-refractivity contribution in [1.29, 1.82) is 0 Å². The third-order valence-electron chi connectivity index (χ3n) is 3.27. The molecule has 3 nitrogen and oxygen atoms in total. The van der Waals surface area contributed by atoms with Crippen LogP contribution in [0.2, 0.25) is 0 Å². The lowest BCUT2D eigenvalue weighted by molar-refractivity contribution is 0.0595. The Morgan fingerprint density at radius 2 is 2.32 bits per heavy atom. The fraction of sp³-hybridized carbons (Fsp3) is 0.625. The Kier molecular flexibility index (Phi) is 5.52. The molecule has 0 aromatic heterocycles. The highest BCUT2D eigenvalue weighted by atomic mass is 16.5. The fourth-order valence-corrected chi connectivity index (χ4v) is 2.19. The van der Waals surface area contributed by atoms with Gasteiger partial charge in [-0.05, 0) is 36.8 Å². The van der Waals surface area contributed by atoms with Crippen molar-refractivity contribution in [3.8, 4) is 5.75 Å². The standard InChI is InChI=1S/C16H25NO2/c1-13(2)11-19-16-7-3-6-15(9-16)17-10-14-5-4-8-18-12-14/h3,6-7,9,13-14,17H,4-5,8,10-12H2,1-2H3. The van der Waals surface area contributed by atoms with E-state index in [2.05, 4.69) is 31.3 Å².